The van der Waals surface area contributed by atoms with E-state index in [0.717, 1.165) is 16.7 Å². The lowest BCUT2D eigenvalue weighted by Crippen LogP contribution is -2.33. The van der Waals surface area contributed by atoms with Crippen LogP contribution in [0.2, 0.25) is 0 Å². The number of hydrogen-bond donors (Lipinski definition) is 1. The Hall–Kier alpha value is -4.43. The number of amides is 1. The summed E-state index contributed by atoms with van der Waals surface area (Å²) in [6, 6.07) is 29.6. The van der Waals surface area contributed by atoms with Gasteiger partial charge in [0, 0.05) is 0 Å². The second-order valence-corrected chi connectivity index (χ2v) is 10.2. The Balaban J connectivity index is 1.70. The van der Waals surface area contributed by atoms with Gasteiger partial charge >= 0.3 is 0 Å². The molecular weight excluding hydrogens is 486 g/mol. The van der Waals surface area contributed by atoms with Gasteiger partial charge in [-0.05, 0) is 54.4 Å². The fourth-order valence-electron chi connectivity index (χ4n) is 3.69. The third-order valence-electron chi connectivity index (χ3n) is 5.69. The maximum absolute atomic E-state index is 13.9. The average Bonchev–Trinajstić information content (AvgIpc) is 2.93. The third-order valence-corrected chi connectivity index (χ3v) is 7.46. The summed E-state index contributed by atoms with van der Waals surface area (Å²) < 4.78 is 34.1. The standard InChI is InChI=1S/C29H27N3O4S/c1-22-12-14-23(15-13-22)20-30-31-29(33)27-10-6-7-11-28(27)32(21-24-8-4-3-5-9-24)37(34,35)26-18-16-25(36-2)17-19-26/h3-20H,21H2,1-2H3,(H,31,33)/b30-20+. The topological polar surface area (TPSA) is 88.1 Å². The number of benzene rings is 4. The minimum atomic E-state index is -4.04. The molecule has 0 bridgehead atoms. The molecule has 0 heterocycles. The van der Waals surface area contributed by atoms with Crippen molar-refractivity contribution >= 4 is 27.8 Å². The summed E-state index contributed by atoms with van der Waals surface area (Å²) in [5, 5.41) is 4.07. The lowest BCUT2D eigenvalue weighted by molar-refractivity contribution is 0.0955. The van der Waals surface area contributed by atoms with E-state index in [-0.39, 0.29) is 22.7 Å². The van der Waals surface area contributed by atoms with Crippen LogP contribution >= 0.6 is 0 Å². The Morgan fingerprint density at radius 2 is 1.54 bits per heavy atom. The van der Waals surface area contributed by atoms with Crippen LogP contribution in [0.15, 0.2) is 113 Å². The number of nitrogens with zero attached hydrogens (tertiary/aromatic N) is 2. The Morgan fingerprint density at radius 3 is 2.22 bits per heavy atom. The van der Waals surface area contributed by atoms with E-state index in [1.54, 1.807) is 36.4 Å². The van der Waals surface area contributed by atoms with Gasteiger partial charge in [-0.2, -0.15) is 5.10 Å². The SMILES string of the molecule is COc1ccc(S(=O)(=O)N(Cc2ccccc2)c2ccccc2C(=O)N/N=C/c2ccc(C)cc2)cc1. The molecule has 1 amide bonds. The molecule has 0 spiro atoms. The molecule has 0 unspecified atom stereocenters. The molecule has 4 aromatic rings. The highest BCUT2D eigenvalue weighted by molar-refractivity contribution is 7.92. The Kier molecular flexibility index (Phi) is 8.00. The van der Waals surface area contributed by atoms with Gasteiger partial charge < -0.3 is 4.74 Å². The van der Waals surface area contributed by atoms with E-state index in [9.17, 15) is 13.2 Å². The molecule has 0 aliphatic heterocycles. The molecule has 0 aliphatic carbocycles. The first kappa shape index (κ1) is 25.7. The number of sulfonamides is 1. The molecule has 37 heavy (non-hydrogen) atoms. The normalized spacial score (nSPS) is 11.3. The largest absolute Gasteiger partial charge is 0.497 e. The number of para-hydroxylation sites is 1. The Bertz CT molecular complexity index is 1480. The summed E-state index contributed by atoms with van der Waals surface area (Å²) in [4.78, 5) is 13.2. The minimum absolute atomic E-state index is 0.0339. The van der Waals surface area contributed by atoms with Crippen molar-refractivity contribution in [1.29, 1.82) is 0 Å². The molecule has 0 aliphatic rings. The van der Waals surface area contributed by atoms with Gasteiger partial charge in [0.15, 0.2) is 0 Å². The predicted molar refractivity (Wildman–Crippen MR) is 145 cm³/mol. The van der Waals surface area contributed by atoms with Gasteiger partial charge in [-0.3, -0.25) is 9.10 Å². The highest BCUT2D eigenvalue weighted by Gasteiger charge is 2.28. The number of hydrazone groups is 1. The van der Waals surface area contributed by atoms with Gasteiger partial charge in [0.25, 0.3) is 15.9 Å². The van der Waals surface area contributed by atoms with Crippen molar-refractivity contribution in [3.05, 3.63) is 125 Å². The highest BCUT2D eigenvalue weighted by atomic mass is 32.2. The lowest BCUT2D eigenvalue weighted by Gasteiger charge is -2.26. The molecule has 0 saturated heterocycles. The highest BCUT2D eigenvalue weighted by Crippen LogP contribution is 2.30. The van der Waals surface area contributed by atoms with Crippen molar-refractivity contribution in [3.8, 4) is 5.75 Å². The van der Waals surface area contributed by atoms with Crippen LogP contribution in [-0.2, 0) is 16.6 Å². The number of methoxy groups -OCH3 is 1. The van der Waals surface area contributed by atoms with Crippen LogP contribution in [0, 0.1) is 6.92 Å². The molecule has 0 atom stereocenters. The Labute approximate surface area is 217 Å². The number of ether oxygens (including phenoxy) is 1. The van der Waals surface area contributed by atoms with Gasteiger partial charge in [-0.1, -0.05) is 72.3 Å². The van der Waals surface area contributed by atoms with Crippen LogP contribution in [0.4, 0.5) is 5.69 Å². The van der Waals surface area contributed by atoms with Crippen LogP contribution in [0.5, 0.6) is 5.75 Å². The lowest BCUT2D eigenvalue weighted by atomic mass is 10.1. The number of rotatable bonds is 9. The number of carbonyl (C=O) groups excluding carboxylic acids is 1. The molecule has 0 aromatic heterocycles. The second kappa shape index (κ2) is 11.5. The van der Waals surface area contributed by atoms with E-state index < -0.39 is 15.9 Å². The van der Waals surface area contributed by atoms with Gasteiger partial charge in [0.2, 0.25) is 0 Å². The van der Waals surface area contributed by atoms with E-state index in [4.69, 9.17) is 4.74 Å². The van der Waals surface area contributed by atoms with Crippen LogP contribution in [0.25, 0.3) is 0 Å². The summed E-state index contributed by atoms with van der Waals surface area (Å²) in [5.41, 5.74) is 5.65. The smallest absolute Gasteiger partial charge is 0.273 e. The molecule has 8 heteroatoms. The zero-order valence-electron chi connectivity index (χ0n) is 20.5. The van der Waals surface area contributed by atoms with Gasteiger partial charge in [-0.15, -0.1) is 0 Å². The molecule has 7 nitrogen and oxygen atoms in total. The third kappa shape index (κ3) is 6.23. The van der Waals surface area contributed by atoms with Gasteiger partial charge in [0.1, 0.15) is 5.75 Å². The maximum Gasteiger partial charge on any atom is 0.273 e. The fraction of sp³-hybridized carbons (Fsp3) is 0.103. The molecule has 4 rings (SSSR count). The molecule has 1 N–H and O–H groups in total. The van der Waals surface area contributed by atoms with Crippen molar-refractivity contribution in [2.45, 2.75) is 18.4 Å². The maximum atomic E-state index is 13.9. The number of anilines is 1. The number of aryl methyl sites for hydroxylation is 1. The first-order valence-electron chi connectivity index (χ1n) is 11.6. The van der Waals surface area contributed by atoms with E-state index >= 15 is 0 Å². The molecule has 0 radical (unpaired) electrons. The quantitative estimate of drug-likeness (QED) is 0.247. The van der Waals surface area contributed by atoms with E-state index in [0.29, 0.717) is 5.75 Å². The van der Waals surface area contributed by atoms with Crippen LogP contribution in [0.3, 0.4) is 0 Å². The predicted octanol–water partition coefficient (Wildman–Crippen LogP) is 5.16. The monoisotopic (exact) mass is 513 g/mol. The zero-order valence-corrected chi connectivity index (χ0v) is 21.4. The van der Waals surface area contributed by atoms with Crippen molar-refractivity contribution in [3.63, 3.8) is 0 Å². The van der Waals surface area contributed by atoms with E-state index in [2.05, 4.69) is 10.5 Å². The van der Waals surface area contributed by atoms with Crippen molar-refractivity contribution in [2.75, 3.05) is 11.4 Å². The first-order chi connectivity index (χ1) is 17.9. The van der Waals surface area contributed by atoms with E-state index in [1.807, 2.05) is 61.5 Å². The van der Waals surface area contributed by atoms with Gasteiger partial charge in [-0.25, -0.2) is 13.8 Å². The first-order valence-corrected chi connectivity index (χ1v) is 13.0. The fourth-order valence-corrected chi connectivity index (χ4v) is 5.16. The molecule has 188 valence electrons. The molecule has 0 fully saturated rings. The summed E-state index contributed by atoms with van der Waals surface area (Å²) >= 11 is 0. The number of nitrogens with one attached hydrogen (secondary N) is 1. The average molecular weight is 514 g/mol. The van der Waals surface area contributed by atoms with Gasteiger partial charge in [0.05, 0.1) is 36.0 Å². The second-order valence-electron chi connectivity index (χ2n) is 8.30. The van der Waals surface area contributed by atoms with Crippen LogP contribution in [0.1, 0.15) is 27.0 Å². The zero-order chi connectivity index (χ0) is 26.3. The molecule has 0 saturated carbocycles. The number of hydrogen-bond acceptors (Lipinski definition) is 5. The van der Waals surface area contributed by atoms with Crippen molar-refractivity contribution < 1.29 is 17.9 Å². The summed E-state index contributed by atoms with van der Waals surface area (Å²) in [6.07, 6.45) is 1.54. The summed E-state index contributed by atoms with van der Waals surface area (Å²) in [7, 11) is -2.53. The Morgan fingerprint density at radius 1 is 0.892 bits per heavy atom. The van der Waals surface area contributed by atoms with Crippen molar-refractivity contribution in [1.82, 2.24) is 5.43 Å². The summed E-state index contributed by atoms with van der Waals surface area (Å²) in [5.74, 6) is 0.0155. The van der Waals surface area contributed by atoms with Crippen molar-refractivity contribution in [2.24, 2.45) is 5.10 Å². The minimum Gasteiger partial charge on any atom is -0.497 e. The summed E-state index contributed by atoms with van der Waals surface area (Å²) in [6.45, 7) is 2.02. The number of carbonyl (C=O) groups is 1. The van der Waals surface area contributed by atoms with E-state index in [1.165, 1.54) is 29.8 Å². The molecule has 4 aromatic carbocycles. The van der Waals surface area contributed by atoms with Crippen LogP contribution in [-0.4, -0.2) is 27.6 Å². The van der Waals surface area contributed by atoms with Crippen LogP contribution < -0.4 is 14.5 Å². The molecular formula is C29H27N3O4S.